The van der Waals surface area contributed by atoms with Crippen LogP contribution in [-0.2, 0) is 23.8 Å². The van der Waals surface area contributed by atoms with Crippen LogP contribution >= 0.6 is 0 Å². The molecular weight excluding hydrogens is 312 g/mol. The zero-order valence-electron chi connectivity index (χ0n) is 14.7. The molecule has 0 saturated carbocycles. The fraction of sp³-hybridized carbons (Fsp3) is 0.889. The molecule has 0 amide bonds. The summed E-state index contributed by atoms with van der Waals surface area (Å²) < 4.78 is 16.8. The summed E-state index contributed by atoms with van der Waals surface area (Å²) in [6.45, 7) is 6.15. The molecular formula is C18H30O6. The Balaban J connectivity index is 1.78. The second-order valence-corrected chi connectivity index (χ2v) is 6.84. The highest BCUT2D eigenvalue weighted by Gasteiger charge is 2.47. The Morgan fingerprint density at radius 1 is 1.04 bits per heavy atom. The summed E-state index contributed by atoms with van der Waals surface area (Å²) in [6.07, 6.45) is 3.95. The average Bonchev–Trinajstić information content (AvgIpc) is 2.47. The van der Waals surface area contributed by atoms with Crippen molar-refractivity contribution in [1.29, 1.82) is 0 Å². The molecule has 2 fully saturated rings. The molecule has 2 saturated heterocycles. The van der Waals surface area contributed by atoms with E-state index in [1.165, 1.54) is 0 Å². The molecule has 0 aromatic heterocycles. The number of carboxylic acids is 1. The van der Waals surface area contributed by atoms with Gasteiger partial charge < -0.3 is 19.3 Å². The van der Waals surface area contributed by atoms with Gasteiger partial charge in [-0.3, -0.25) is 9.59 Å². The number of aliphatic carboxylic acids is 1. The molecule has 0 spiro atoms. The van der Waals surface area contributed by atoms with Crippen LogP contribution in [0.3, 0.4) is 0 Å². The van der Waals surface area contributed by atoms with Gasteiger partial charge in [0.15, 0.2) is 0 Å². The number of rotatable bonds is 11. The van der Waals surface area contributed by atoms with Crippen molar-refractivity contribution >= 4 is 11.9 Å². The highest BCUT2D eigenvalue weighted by molar-refractivity contribution is 5.69. The molecule has 0 aliphatic carbocycles. The topological polar surface area (TPSA) is 82.1 Å². The number of carboxylic acid groups (broad SMARTS) is 1. The minimum atomic E-state index is -0.824. The summed E-state index contributed by atoms with van der Waals surface area (Å²) in [7, 11) is 0. The lowest BCUT2D eigenvalue weighted by molar-refractivity contribution is -0.211. The van der Waals surface area contributed by atoms with Crippen molar-refractivity contribution in [3.8, 4) is 0 Å². The van der Waals surface area contributed by atoms with E-state index in [2.05, 4.69) is 13.8 Å². The summed E-state index contributed by atoms with van der Waals surface area (Å²) in [5.74, 6) is 0.127. The zero-order valence-corrected chi connectivity index (χ0v) is 14.7. The van der Waals surface area contributed by atoms with Gasteiger partial charge in [-0.15, -0.1) is 0 Å². The highest BCUT2D eigenvalue weighted by Crippen LogP contribution is 2.41. The molecule has 0 aromatic rings. The number of hydrogen-bond acceptors (Lipinski definition) is 5. The zero-order chi connectivity index (χ0) is 17.5. The number of esters is 1. The molecule has 0 bridgehead atoms. The van der Waals surface area contributed by atoms with Crippen LogP contribution in [0.15, 0.2) is 0 Å². The molecule has 2 aliphatic heterocycles. The van der Waals surface area contributed by atoms with Crippen molar-refractivity contribution in [2.75, 3.05) is 19.8 Å². The van der Waals surface area contributed by atoms with Crippen LogP contribution in [0.4, 0.5) is 0 Å². The van der Waals surface area contributed by atoms with E-state index in [1.54, 1.807) is 0 Å². The van der Waals surface area contributed by atoms with Gasteiger partial charge in [0, 0.05) is 30.6 Å². The van der Waals surface area contributed by atoms with Gasteiger partial charge in [-0.1, -0.05) is 13.8 Å². The van der Waals surface area contributed by atoms with Crippen LogP contribution in [0.25, 0.3) is 0 Å². The van der Waals surface area contributed by atoms with Crippen LogP contribution in [0.5, 0.6) is 0 Å². The van der Waals surface area contributed by atoms with Crippen molar-refractivity contribution in [3.63, 3.8) is 0 Å². The van der Waals surface area contributed by atoms with E-state index in [0.29, 0.717) is 37.2 Å². The molecule has 1 N–H and O–H groups in total. The Bertz CT molecular complexity index is 400. The Kier molecular flexibility index (Phi) is 7.49. The first-order valence-electron chi connectivity index (χ1n) is 9.17. The van der Waals surface area contributed by atoms with Crippen molar-refractivity contribution in [2.24, 2.45) is 17.8 Å². The number of ether oxygens (including phenoxy) is 3. The monoisotopic (exact) mass is 342 g/mol. The van der Waals surface area contributed by atoms with E-state index >= 15 is 0 Å². The fourth-order valence-corrected chi connectivity index (χ4v) is 3.70. The molecule has 6 nitrogen and oxygen atoms in total. The first kappa shape index (κ1) is 19.2. The maximum Gasteiger partial charge on any atom is 0.305 e. The van der Waals surface area contributed by atoms with Crippen LogP contribution < -0.4 is 0 Å². The van der Waals surface area contributed by atoms with Gasteiger partial charge in [0.25, 0.3) is 0 Å². The third kappa shape index (κ3) is 4.93. The average molecular weight is 342 g/mol. The Morgan fingerprint density at radius 2 is 1.58 bits per heavy atom. The number of carbonyl (C=O) groups excluding carboxylic acids is 1. The van der Waals surface area contributed by atoms with Gasteiger partial charge in [0.2, 0.25) is 0 Å². The summed E-state index contributed by atoms with van der Waals surface area (Å²) in [5.41, 5.74) is 0. The van der Waals surface area contributed by atoms with Crippen LogP contribution in [0, 0.1) is 17.8 Å². The quantitative estimate of drug-likeness (QED) is 0.459. The van der Waals surface area contributed by atoms with Gasteiger partial charge in [0.1, 0.15) is 0 Å². The lowest BCUT2D eigenvalue weighted by Gasteiger charge is -2.49. The standard InChI is InChI=1S/C18H30O6/c1-3-15-13(10-22-15)12(14-11-23-16(14)4-2)9-24-18(21)8-6-5-7-17(19)20/h12-16H,3-11H2,1-2H3,(H,19,20). The normalized spacial score (nSPS) is 30.1. The third-order valence-corrected chi connectivity index (χ3v) is 5.32. The van der Waals surface area contributed by atoms with Crippen LogP contribution in [0.2, 0.25) is 0 Å². The van der Waals surface area contributed by atoms with Gasteiger partial charge in [0.05, 0.1) is 32.0 Å². The summed E-state index contributed by atoms with van der Waals surface area (Å²) in [6, 6.07) is 0. The van der Waals surface area contributed by atoms with Gasteiger partial charge in [-0.05, 0) is 25.7 Å². The SMILES string of the molecule is CCC1OCC1C(COC(=O)CCCCC(=O)O)C1COC1CC. The van der Waals surface area contributed by atoms with Gasteiger partial charge >= 0.3 is 11.9 Å². The Labute approximate surface area is 143 Å². The smallest absolute Gasteiger partial charge is 0.305 e. The molecule has 0 radical (unpaired) electrons. The molecule has 2 aliphatic rings. The van der Waals surface area contributed by atoms with E-state index in [9.17, 15) is 9.59 Å². The molecule has 2 rings (SSSR count). The molecule has 6 heteroatoms. The lowest BCUT2D eigenvalue weighted by atomic mass is 9.72. The van der Waals surface area contributed by atoms with Crippen molar-refractivity contribution in [1.82, 2.24) is 0 Å². The van der Waals surface area contributed by atoms with E-state index in [1.807, 2.05) is 0 Å². The Hall–Kier alpha value is -1.14. The predicted molar refractivity (Wildman–Crippen MR) is 87.6 cm³/mol. The van der Waals surface area contributed by atoms with Gasteiger partial charge in [-0.25, -0.2) is 0 Å². The van der Waals surface area contributed by atoms with Crippen molar-refractivity contribution in [3.05, 3.63) is 0 Å². The Morgan fingerprint density at radius 3 is 2.00 bits per heavy atom. The van der Waals surface area contributed by atoms with E-state index in [4.69, 9.17) is 19.3 Å². The van der Waals surface area contributed by atoms with Crippen molar-refractivity contribution < 1.29 is 28.9 Å². The minimum Gasteiger partial charge on any atom is -0.481 e. The maximum absolute atomic E-state index is 11.9. The van der Waals surface area contributed by atoms with Crippen molar-refractivity contribution in [2.45, 2.75) is 64.6 Å². The maximum atomic E-state index is 11.9. The first-order chi connectivity index (χ1) is 11.6. The molecule has 138 valence electrons. The molecule has 24 heavy (non-hydrogen) atoms. The fourth-order valence-electron chi connectivity index (χ4n) is 3.70. The van der Waals surface area contributed by atoms with Gasteiger partial charge in [-0.2, -0.15) is 0 Å². The summed E-state index contributed by atoms with van der Waals surface area (Å²) in [5, 5.41) is 8.60. The molecule has 4 atom stereocenters. The largest absolute Gasteiger partial charge is 0.481 e. The van der Waals surface area contributed by atoms with E-state index in [-0.39, 0.29) is 31.0 Å². The molecule has 2 heterocycles. The second-order valence-electron chi connectivity index (χ2n) is 6.84. The molecule has 0 aromatic carbocycles. The highest BCUT2D eigenvalue weighted by atomic mass is 16.5. The second kappa shape index (κ2) is 9.37. The predicted octanol–water partition coefficient (Wildman–Crippen LogP) is 2.64. The third-order valence-electron chi connectivity index (χ3n) is 5.32. The number of hydrogen-bond donors (Lipinski definition) is 1. The van der Waals surface area contributed by atoms with Crippen LogP contribution in [0.1, 0.15) is 52.4 Å². The summed E-state index contributed by atoms with van der Waals surface area (Å²) in [4.78, 5) is 22.4. The van der Waals surface area contributed by atoms with E-state index < -0.39 is 5.97 Å². The lowest BCUT2D eigenvalue weighted by Crippen LogP contribution is -2.54. The van der Waals surface area contributed by atoms with E-state index in [0.717, 1.165) is 26.1 Å². The minimum absolute atomic E-state index is 0.102. The molecule has 4 unspecified atom stereocenters. The number of carbonyl (C=O) groups is 2. The first-order valence-corrected chi connectivity index (χ1v) is 9.17. The number of unbranched alkanes of at least 4 members (excludes halogenated alkanes) is 1. The van der Waals surface area contributed by atoms with Crippen LogP contribution in [-0.4, -0.2) is 49.1 Å². The summed E-state index contributed by atoms with van der Waals surface area (Å²) >= 11 is 0.